The molecule has 98 valence electrons. The smallest absolute Gasteiger partial charge is 0.0346 e. The minimum Gasteiger partial charge on any atom is -0.318 e. The first kappa shape index (κ1) is 13.5. The molecule has 1 heterocycles. The molecule has 0 saturated carbocycles. The number of thiophene rings is 1. The van der Waals surface area contributed by atoms with E-state index >= 15 is 0 Å². The zero-order chi connectivity index (χ0) is 12.8. The third-order valence-corrected chi connectivity index (χ3v) is 4.19. The van der Waals surface area contributed by atoms with Crippen molar-refractivity contribution in [3.63, 3.8) is 0 Å². The number of nitrogens with zero attached hydrogens (tertiary/aromatic N) is 1. The fourth-order valence-electron chi connectivity index (χ4n) is 2.25. The molecule has 0 unspecified atom stereocenters. The average Bonchev–Trinajstić information content (AvgIpc) is 2.80. The molecule has 2 aromatic rings. The average molecular weight is 262 g/mol. The number of benzene rings is 1. The third kappa shape index (κ3) is 3.31. The lowest BCUT2D eigenvalue weighted by atomic mass is 10.1. The molecule has 0 radical (unpaired) electrons. The minimum absolute atomic E-state index is 1.06. The van der Waals surface area contributed by atoms with Crippen LogP contribution in [0.3, 0.4) is 0 Å². The lowest BCUT2D eigenvalue weighted by Crippen LogP contribution is -2.31. The van der Waals surface area contributed by atoms with E-state index in [2.05, 4.69) is 46.8 Å². The van der Waals surface area contributed by atoms with E-state index in [9.17, 15) is 0 Å². The number of fused-ring (bicyclic) bond motifs is 1. The monoisotopic (exact) mass is 262 g/mol. The predicted octanol–water partition coefficient (Wildman–Crippen LogP) is 3.33. The Hall–Kier alpha value is -0.900. The summed E-state index contributed by atoms with van der Waals surface area (Å²) in [5.74, 6) is 0. The molecule has 0 aliphatic carbocycles. The van der Waals surface area contributed by atoms with Crippen molar-refractivity contribution in [1.82, 2.24) is 10.2 Å². The molecule has 0 amide bonds. The molecule has 0 bridgehead atoms. The van der Waals surface area contributed by atoms with Gasteiger partial charge in [-0.3, -0.25) is 4.90 Å². The summed E-state index contributed by atoms with van der Waals surface area (Å²) in [6.45, 7) is 6.67. The summed E-state index contributed by atoms with van der Waals surface area (Å²) in [7, 11) is 2.02. The highest BCUT2D eigenvalue weighted by Crippen LogP contribution is 2.26. The van der Waals surface area contributed by atoms with Crippen molar-refractivity contribution in [3.8, 4) is 0 Å². The summed E-state index contributed by atoms with van der Waals surface area (Å²) < 4.78 is 1.40. The summed E-state index contributed by atoms with van der Waals surface area (Å²) in [6, 6.07) is 8.70. The van der Waals surface area contributed by atoms with Crippen molar-refractivity contribution >= 4 is 21.4 Å². The first-order chi connectivity index (χ1) is 8.85. The van der Waals surface area contributed by atoms with Gasteiger partial charge in [-0.25, -0.2) is 0 Å². The Balaban J connectivity index is 2.10. The van der Waals surface area contributed by atoms with Crippen molar-refractivity contribution in [1.29, 1.82) is 0 Å². The first-order valence-corrected chi connectivity index (χ1v) is 7.55. The van der Waals surface area contributed by atoms with Crippen molar-refractivity contribution < 1.29 is 0 Å². The van der Waals surface area contributed by atoms with Crippen LogP contribution in [0.15, 0.2) is 29.6 Å². The second-order valence-corrected chi connectivity index (χ2v) is 5.55. The van der Waals surface area contributed by atoms with Crippen LogP contribution in [0, 0.1) is 0 Å². The van der Waals surface area contributed by atoms with Crippen molar-refractivity contribution in [3.05, 3.63) is 35.2 Å². The van der Waals surface area contributed by atoms with E-state index in [1.807, 2.05) is 18.4 Å². The highest BCUT2D eigenvalue weighted by Gasteiger charge is 2.08. The largest absolute Gasteiger partial charge is 0.318 e. The van der Waals surface area contributed by atoms with Crippen LogP contribution in [0.1, 0.15) is 18.9 Å². The minimum atomic E-state index is 1.06. The van der Waals surface area contributed by atoms with Gasteiger partial charge in [-0.05, 0) is 42.4 Å². The summed E-state index contributed by atoms with van der Waals surface area (Å²) in [5.41, 5.74) is 1.47. The zero-order valence-corrected chi connectivity index (χ0v) is 12.1. The first-order valence-electron chi connectivity index (χ1n) is 6.67. The summed E-state index contributed by atoms with van der Waals surface area (Å²) >= 11 is 1.86. The van der Waals surface area contributed by atoms with Crippen LogP contribution in [0.5, 0.6) is 0 Å². The maximum Gasteiger partial charge on any atom is 0.0346 e. The van der Waals surface area contributed by atoms with Crippen LogP contribution in [0.2, 0.25) is 0 Å². The molecule has 0 aliphatic rings. The second-order valence-electron chi connectivity index (χ2n) is 4.64. The summed E-state index contributed by atoms with van der Waals surface area (Å²) in [4.78, 5) is 2.53. The van der Waals surface area contributed by atoms with Crippen molar-refractivity contribution in [2.24, 2.45) is 0 Å². The highest BCUT2D eigenvalue weighted by molar-refractivity contribution is 7.17. The zero-order valence-electron chi connectivity index (χ0n) is 11.3. The summed E-state index contributed by atoms with van der Waals surface area (Å²) in [5, 5.41) is 6.97. The predicted molar refractivity (Wildman–Crippen MR) is 81.3 cm³/mol. The van der Waals surface area contributed by atoms with Gasteiger partial charge in [0.05, 0.1) is 0 Å². The molecule has 1 aromatic heterocycles. The van der Waals surface area contributed by atoms with E-state index in [-0.39, 0.29) is 0 Å². The third-order valence-electron chi connectivity index (χ3n) is 3.17. The van der Waals surface area contributed by atoms with Crippen LogP contribution in [-0.4, -0.2) is 31.6 Å². The van der Waals surface area contributed by atoms with Gasteiger partial charge >= 0.3 is 0 Å². The molecular formula is C15H22N2S. The molecule has 3 heteroatoms. The van der Waals surface area contributed by atoms with E-state index in [4.69, 9.17) is 0 Å². The Labute approximate surface area is 114 Å². The lowest BCUT2D eigenvalue weighted by Gasteiger charge is -2.21. The number of rotatable bonds is 7. The van der Waals surface area contributed by atoms with Crippen molar-refractivity contribution in [2.75, 3.05) is 26.7 Å². The Morgan fingerprint density at radius 1 is 1.22 bits per heavy atom. The molecule has 0 aliphatic heterocycles. The van der Waals surface area contributed by atoms with Gasteiger partial charge in [0, 0.05) is 24.3 Å². The van der Waals surface area contributed by atoms with Gasteiger partial charge < -0.3 is 5.32 Å². The maximum atomic E-state index is 3.23. The van der Waals surface area contributed by atoms with Crippen LogP contribution in [0.25, 0.3) is 10.1 Å². The van der Waals surface area contributed by atoms with E-state index < -0.39 is 0 Å². The van der Waals surface area contributed by atoms with Gasteiger partial charge in [0.2, 0.25) is 0 Å². The molecule has 0 saturated heterocycles. The maximum absolute atomic E-state index is 3.23. The Bertz CT molecular complexity index is 478. The molecule has 0 fully saturated rings. The molecule has 1 N–H and O–H groups in total. The van der Waals surface area contributed by atoms with Gasteiger partial charge in [-0.2, -0.15) is 0 Å². The van der Waals surface area contributed by atoms with Gasteiger partial charge in [0.25, 0.3) is 0 Å². The number of nitrogens with one attached hydrogen (secondary N) is 1. The van der Waals surface area contributed by atoms with Crippen LogP contribution in [-0.2, 0) is 6.54 Å². The van der Waals surface area contributed by atoms with Crippen LogP contribution >= 0.6 is 11.3 Å². The van der Waals surface area contributed by atoms with E-state index in [0.29, 0.717) is 0 Å². The summed E-state index contributed by atoms with van der Waals surface area (Å²) in [6.07, 6.45) is 1.21. The van der Waals surface area contributed by atoms with Gasteiger partial charge in [0.1, 0.15) is 0 Å². The SMILES string of the molecule is CCCN(CCNC)Cc1csc2ccccc12. The van der Waals surface area contributed by atoms with E-state index in [1.165, 1.54) is 28.6 Å². The fourth-order valence-corrected chi connectivity index (χ4v) is 3.21. The van der Waals surface area contributed by atoms with E-state index in [1.54, 1.807) is 0 Å². The Morgan fingerprint density at radius 3 is 2.83 bits per heavy atom. The normalized spacial score (nSPS) is 11.5. The quantitative estimate of drug-likeness (QED) is 0.823. The standard InChI is InChI=1S/C15H22N2S/c1-3-9-17(10-8-16-2)11-13-12-18-15-7-5-4-6-14(13)15/h4-7,12,16H,3,8-11H2,1-2H3. The fraction of sp³-hybridized carbons (Fsp3) is 0.467. The number of hydrogen-bond donors (Lipinski definition) is 1. The van der Waals surface area contributed by atoms with Gasteiger partial charge in [-0.15, -0.1) is 11.3 Å². The van der Waals surface area contributed by atoms with Gasteiger partial charge in [-0.1, -0.05) is 25.1 Å². The number of likely N-dealkylation sites (N-methyl/N-ethyl adjacent to an activating group) is 1. The van der Waals surface area contributed by atoms with Gasteiger partial charge in [0.15, 0.2) is 0 Å². The Kier molecular flexibility index (Phi) is 5.17. The van der Waals surface area contributed by atoms with Crippen LogP contribution < -0.4 is 5.32 Å². The number of hydrogen-bond acceptors (Lipinski definition) is 3. The molecule has 1 aromatic carbocycles. The second kappa shape index (κ2) is 6.88. The lowest BCUT2D eigenvalue weighted by molar-refractivity contribution is 0.269. The molecule has 2 rings (SSSR count). The molecular weight excluding hydrogens is 240 g/mol. The highest BCUT2D eigenvalue weighted by atomic mass is 32.1. The Morgan fingerprint density at radius 2 is 2.06 bits per heavy atom. The van der Waals surface area contributed by atoms with Crippen LogP contribution in [0.4, 0.5) is 0 Å². The molecule has 0 atom stereocenters. The van der Waals surface area contributed by atoms with E-state index in [0.717, 1.165) is 19.6 Å². The molecule has 2 nitrogen and oxygen atoms in total. The molecule has 0 spiro atoms. The molecule has 18 heavy (non-hydrogen) atoms. The van der Waals surface area contributed by atoms with Crippen molar-refractivity contribution in [2.45, 2.75) is 19.9 Å². The topological polar surface area (TPSA) is 15.3 Å².